The second kappa shape index (κ2) is 7.22. The summed E-state index contributed by atoms with van der Waals surface area (Å²) >= 11 is 0. The molecule has 2 aromatic carbocycles. The standard InChI is InChI=1S/C24H17N5O/c25-13-19-16-29(14-17-4-2-1-3-5-17)22-8-7-20(12-21(19)22)27-24(30)18-6-9-23-26-10-11-28(23)15-18/h1-12,15-16H,14H2,(H,27,30). The molecule has 144 valence electrons. The number of nitrogens with one attached hydrogen (secondary N) is 1. The Labute approximate surface area is 172 Å². The van der Waals surface area contributed by atoms with E-state index in [2.05, 4.69) is 33.1 Å². The van der Waals surface area contributed by atoms with Gasteiger partial charge in [0.1, 0.15) is 11.7 Å². The molecule has 0 fully saturated rings. The van der Waals surface area contributed by atoms with Crippen LogP contribution in [-0.2, 0) is 6.54 Å². The fraction of sp³-hybridized carbons (Fsp3) is 0.0417. The third-order valence-electron chi connectivity index (χ3n) is 5.11. The first-order chi connectivity index (χ1) is 14.7. The van der Waals surface area contributed by atoms with Gasteiger partial charge in [-0.2, -0.15) is 5.26 Å². The molecule has 0 saturated heterocycles. The van der Waals surface area contributed by atoms with E-state index in [9.17, 15) is 10.1 Å². The van der Waals surface area contributed by atoms with Gasteiger partial charge in [0, 0.05) is 47.9 Å². The second-order valence-electron chi connectivity index (χ2n) is 7.06. The van der Waals surface area contributed by atoms with Crippen molar-refractivity contribution in [3.63, 3.8) is 0 Å². The molecule has 1 N–H and O–H groups in total. The number of rotatable bonds is 4. The van der Waals surface area contributed by atoms with Crippen molar-refractivity contribution in [3.8, 4) is 6.07 Å². The van der Waals surface area contributed by atoms with E-state index in [1.165, 1.54) is 0 Å². The minimum Gasteiger partial charge on any atom is -0.342 e. The molecular formula is C24H17N5O. The molecule has 0 radical (unpaired) electrons. The van der Waals surface area contributed by atoms with Gasteiger partial charge in [-0.05, 0) is 35.9 Å². The van der Waals surface area contributed by atoms with Crippen molar-refractivity contribution in [2.75, 3.05) is 5.32 Å². The van der Waals surface area contributed by atoms with Gasteiger partial charge in [0.15, 0.2) is 0 Å². The Morgan fingerprint density at radius 2 is 1.93 bits per heavy atom. The number of carbonyl (C=O) groups excluding carboxylic acids is 1. The lowest BCUT2D eigenvalue weighted by Crippen LogP contribution is -2.12. The molecule has 5 aromatic rings. The molecule has 0 saturated carbocycles. The SMILES string of the molecule is N#Cc1cn(Cc2ccccc2)c2ccc(NC(=O)c3ccc4nccn4c3)cc12. The topological polar surface area (TPSA) is 75.1 Å². The molecule has 30 heavy (non-hydrogen) atoms. The number of nitrogens with zero attached hydrogens (tertiary/aromatic N) is 4. The van der Waals surface area contributed by atoms with Crippen LogP contribution in [0, 0.1) is 11.3 Å². The maximum atomic E-state index is 12.7. The lowest BCUT2D eigenvalue weighted by molar-refractivity contribution is 0.102. The van der Waals surface area contributed by atoms with Crippen molar-refractivity contribution in [1.29, 1.82) is 5.26 Å². The number of imidazole rings is 1. The van der Waals surface area contributed by atoms with Gasteiger partial charge in [-0.3, -0.25) is 4.79 Å². The molecule has 3 heterocycles. The predicted molar refractivity (Wildman–Crippen MR) is 115 cm³/mol. The van der Waals surface area contributed by atoms with E-state index >= 15 is 0 Å². The fourth-order valence-corrected chi connectivity index (χ4v) is 3.63. The summed E-state index contributed by atoms with van der Waals surface area (Å²) in [7, 11) is 0. The molecule has 0 aliphatic carbocycles. The molecule has 0 aliphatic heterocycles. The fourth-order valence-electron chi connectivity index (χ4n) is 3.63. The zero-order valence-corrected chi connectivity index (χ0v) is 16.0. The van der Waals surface area contributed by atoms with E-state index in [1.54, 1.807) is 35.1 Å². The summed E-state index contributed by atoms with van der Waals surface area (Å²) in [6.45, 7) is 0.676. The van der Waals surface area contributed by atoms with Crippen molar-refractivity contribution < 1.29 is 4.79 Å². The van der Waals surface area contributed by atoms with Crippen LogP contribution < -0.4 is 5.32 Å². The van der Waals surface area contributed by atoms with Gasteiger partial charge in [0.05, 0.1) is 11.1 Å². The van der Waals surface area contributed by atoms with Crippen molar-refractivity contribution in [2.24, 2.45) is 0 Å². The summed E-state index contributed by atoms with van der Waals surface area (Å²) in [5.74, 6) is -0.216. The van der Waals surface area contributed by atoms with Crippen molar-refractivity contribution in [3.05, 3.63) is 102 Å². The smallest absolute Gasteiger partial charge is 0.257 e. The molecule has 6 nitrogen and oxygen atoms in total. The Balaban J connectivity index is 1.45. The molecule has 0 aliphatic rings. The second-order valence-corrected chi connectivity index (χ2v) is 7.06. The molecule has 0 atom stereocenters. The first kappa shape index (κ1) is 17.7. The predicted octanol–water partition coefficient (Wildman–Crippen LogP) is 4.46. The number of fused-ring (bicyclic) bond motifs is 2. The number of aromatic nitrogens is 3. The van der Waals surface area contributed by atoms with Crippen LogP contribution in [0.25, 0.3) is 16.6 Å². The van der Waals surface area contributed by atoms with Gasteiger partial charge < -0.3 is 14.3 Å². The molecular weight excluding hydrogens is 374 g/mol. The molecule has 0 bridgehead atoms. The first-order valence-corrected chi connectivity index (χ1v) is 9.52. The Morgan fingerprint density at radius 3 is 2.77 bits per heavy atom. The number of pyridine rings is 1. The molecule has 5 rings (SSSR count). The zero-order chi connectivity index (χ0) is 20.5. The highest BCUT2D eigenvalue weighted by Crippen LogP contribution is 2.26. The molecule has 1 amide bonds. The van der Waals surface area contributed by atoms with Crippen LogP contribution in [0.5, 0.6) is 0 Å². The Kier molecular flexibility index (Phi) is 4.26. The lowest BCUT2D eigenvalue weighted by Gasteiger charge is -2.08. The molecule has 3 aromatic heterocycles. The summed E-state index contributed by atoms with van der Waals surface area (Å²) in [6, 6.07) is 21.6. The van der Waals surface area contributed by atoms with Crippen LogP contribution in [0.2, 0.25) is 0 Å². The third kappa shape index (κ3) is 3.19. The Morgan fingerprint density at radius 1 is 1.07 bits per heavy atom. The molecule has 6 heteroatoms. The highest BCUT2D eigenvalue weighted by Gasteiger charge is 2.12. The van der Waals surface area contributed by atoms with E-state index in [4.69, 9.17) is 0 Å². The van der Waals surface area contributed by atoms with Crippen LogP contribution in [0.1, 0.15) is 21.5 Å². The van der Waals surface area contributed by atoms with Crippen molar-refractivity contribution in [1.82, 2.24) is 14.0 Å². The van der Waals surface area contributed by atoms with Crippen LogP contribution in [-0.4, -0.2) is 19.9 Å². The minimum atomic E-state index is -0.216. The minimum absolute atomic E-state index is 0.216. The average Bonchev–Trinajstić information content (AvgIpc) is 3.38. The monoisotopic (exact) mass is 391 g/mol. The van der Waals surface area contributed by atoms with Gasteiger partial charge >= 0.3 is 0 Å². The number of hydrogen-bond donors (Lipinski definition) is 1. The molecule has 0 unspecified atom stereocenters. The summed E-state index contributed by atoms with van der Waals surface area (Å²) < 4.78 is 3.86. The van der Waals surface area contributed by atoms with Gasteiger partial charge in [-0.15, -0.1) is 0 Å². The van der Waals surface area contributed by atoms with E-state index < -0.39 is 0 Å². The van der Waals surface area contributed by atoms with E-state index in [0.29, 0.717) is 23.4 Å². The quantitative estimate of drug-likeness (QED) is 0.491. The average molecular weight is 391 g/mol. The molecule has 0 spiro atoms. The number of nitriles is 1. The lowest BCUT2D eigenvalue weighted by atomic mass is 10.1. The highest BCUT2D eigenvalue weighted by molar-refractivity contribution is 6.05. The summed E-state index contributed by atoms with van der Waals surface area (Å²) in [4.78, 5) is 16.9. The van der Waals surface area contributed by atoms with Crippen LogP contribution >= 0.6 is 0 Å². The van der Waals surface area contributed by atoms with Crippen LogP contribution in [0.15, 0.2) is 85.5 Å². The van der Waals surface area contributed by atoms with Gasteiger partial charge in [0.25, 0.3) is 5.91 Å². The van der Waals surface area contributed by atoms with Crippen molar-refractivity contribution in [2.45, 2.75) is 6.54 Å². The number of carbonyl (C=O) groups is 1. The highest BCUT2D eigenvalue weighted by atomic mass is 16.1. The van der Waals surface area contributed by atoms with Gasteiger partial charge in [-0.1, -0.05) is 30.3 Å². The summed E-state index contributed by atoms with van der Waals surface area (Å²) in [5, 5.41) is 13.3. The summed E-state index contributed by atoms with van der Waals surface area (Å²) in [6.07, 6.45) is 7.09. The number of anilines is 1. The third-order valence-corrected chi connectivity index (χ3v) is 5.11. The number of hydrogen-bond acceptors (Lipinski definition) is 3. The Hall–Kier alpha value is -4.37. The van der Waals surface area contributed by atoms with E-state index in [0.717, 1.165) is 22.1 Å². The van der Waals surface area contributed by atoms with E-state index in [-0.39, 0.29) is 5.91 Å². The zero-order valence-electron chi connectivity index (χ0n) is 16.0. The van der Waals surface area contributed by atoms with Gasteiger partial charge in [0.2, 0.25) is 0 Å². The maximum Gasteiger partial charge on any atom is 0.257 e. The first-order valence-electron chi connectivity index (χ1n) is 9.52. The van der Waals surface area contributed by atoms with Crippen molar-refractivity contribution >= 4 is 28.1 Å². The Bertz CT molecular complexity index is 1420. The maximum absolute atomic E-state index is 12.7. The van der Waals surface area contributed by atoms with Crippen LogP contribution in [0.4, 0.5) is 5.69 Å². The normalized spacial score (nSPS) is 10.9. The summed E-state index contributed by atoms with van der Waals surface area (Å²) in [5.41, 5.74) is 4.65. The number of benzene rings is 2. The van der Waals surface area contributed by atoms with Crippen LogP contribution in [0.3, 0.4) is 0 Å². The van der Waals surface area contributed by atoms with E-state index in [1.807, 2.05) is 42.6 Å². The largest absolute Gasteiger partial charge is 0.342 e. The number of amides is 1. The van der Waals surface area contributed by atoms with Gasteiger partial charge in [-0.25, -0.2) is 4.98 Å².